The highest BCUT2D eigenvalue weighted by Gasteiger charge is 2.11. The molecule has 0 aliphatic rings. The van der Waals surface area contributed by atoms with E-state index in [0.717, 1.165) is 16.6 Å². The minimum Gasteiger partial charge on any atom is -0.457 e. The first-order valence-electron chi connectivity index (χ1n) is 10.9. The van der Waals surface area contributed by atoms with Crippen LogP contribution in [0.15, 0.2) is 83.3 Å². The number of thiocarbonyl (C=S) groups is 1. The van der Waals surface area contributed by atoms with Gasteiger partial charge < -0.3 is 14.7 Å². The molecule has 0 radical (unpaired) electrons. The van der Waals surface area contributed by atoms with E-state index in [1.165, 1.54) is 12.2 Å². The largest absolute Gasteiger partial charge is 0.457 e. The number of furan rings is 1. The fourth-order valence-corrected chi connectivity index (χ4v) is 4.58. The van der Waals surface area contributed by atoms with E-state index in [4.69, 9.17) is 51.4 Å². The molecule has 6 nitrogen and oxygen atoms in total. The van der Waals surface area contributed by atoms with Gasteiger partial charge >= 0.3 is 0 Å². The van der Waals surface area contributed by atoms with Gasteiger partial charge in [0.25, 0.3) is 0 Å². The number of benzene rings is 3. The van der Waals surface area contributed by atoms with E-state index >= 15 is 0 Å². The molecule has 0 saturated heterocycles. The maximum Gasteiger partial charge on any atom is 0.250 e. The summed E-state index contributed by atoms with van der Waals surface area (Å²) in [7, 11) is 0. The van der Waals surface area contributed by atoms with Crippen LogP contribution in [0, 0.1) is 0 Å². The number of carbonyl (C=O) groups is 1. The number of rotatable bonds is 5. The van der Waals surface area contributed by atoms with Crippen molar-refractivity contribution in [3.63, 3.8) is 0 Å². The van der Waals surface area contributed by atoms with Crippen molar-refractivity contribution in [2.75, 3.05) is 5.32 Å². The third-order valence-corrected chi connectivity index (χ3v) is 6.25. The molecule has 3 aromatic carbocycles. The summed E-state index contributed by atoms with van der Waals surface area (Å²) in [6.07, 6.45) is 2.86. The van der Waals surface area contributed by atoms with Crippen LogP contribution in [0.1, 0.15) is 5.76 Å². The van der Waals surface area contributed by atoms with Crippen LogP contribution >= 0.6 is 47.0 Å². The Morgan fingerprint density at radius 3 is 2.54 bits per heavy atom. The number of nitrogens with zero attached hydrogens (tertiary/aromatic N) is 1. The second kappa shape index (κ2) is 10.8. The number of fused-ring (bicyclic) bond motifs is 1. The molecule has 0 atom stereocenters. The Bertz CT molecular complexity index is 1620. The number of aromatic amines is 1. The molecule has 0 aliphatic carbocycles. The van der Waals surface area contributed by atoms with E-state index in [-0.39, 0.29) is 5.11 Å². The Hall–Kier alpha value is -3.62. The predicted octanol–water partition coefficient (Wildman–Crippen LogP) is 7.98. The fourth-order valence-electron chi connectivity index (χ4n) is 3.63. The van der Waals surface area contributed by atoms with E-state index in [1.807, 2.05) is 24.3 Å². The van der Waals surface area contributed by atoms with Crippen molar-refractivity contribution in [1.29, 1.82) is 0 Å². The summed E-state index contributed by atoms with van der Waals surface area (Å²) in [6, 6.07) is 21.6. The van der Waals surface area contributed by atoms with Crippen LogP contribution in [0.4, 0.5) is 5.69 Å². The summed E-state index contributed by atoms with van der Waals surface area (Å²) in [6.45, 7) is 0. The lowest BCUT2D eigenvalue weighted by molar-refractivity contribution is -0.115. The van der Waals surface area contributed by atoms with E-state index in [2.05, 4.69) is 20.6 Å². The van der Waals surface area contributed by atoms with Crippen LogP contribution in [0.5, 0.6) is 0 Å². The highest BCUT2D eigenvalue weighted by molar-refractivity contribution is 7.80. The molecule has 0 spiro atoms. The first kappa shape index (κ1) is 25.0. The van der Waals surface area contributed by atoms with Gasteiger partial charge in [-0.05, 0) is 79.0 Å². The zero-order valence-electron chi connectivity index (χ0n) is 18.9. The molecular formula is C27H17Cl3N4O2S. The van der Waals surface area contributed by atoms with E-state index < -0.39 is 5.91 Å². The SMILES string of the molecule is O=C(/C=C/c1ccc(-c2cc(Cl)cc(Cl)c2)o1)NC(=S)Nc1ccc(Cl)c(-c2nc3ccccc3[nH]2)c1. The minimum atomic E-state index is -0.423. The zero-order valence-corrected chi connectivity index (χ0v) is 22.0. The number of nitrogens with one attached hydrogen (secondary N) is 3. The van der Waals surface area contributed by atoms with Gasteiger partial charge in [0.15, 0.2) is 5.11 Å². The maximum atomic E-state index is 12.4. The Kier molecular flexibility index (Phi) is 7.30. The van der Waals surface area contributed by atoms with Crippen LogP contribution in [0.25, 0.3) is 39.8 Å². The first-order valence-corrected chi connectivity index (χ1v) is 12.5. The Labute approximate surface area is 232 Å². The highest BCUT2D eigenvalue weighted by atomic mass is 35.5. The quantitative estimate of drug-likeness (QED) is 0.148. The van der Waals surface area contributed by atoms with Gasteiger partial charge in [-0.15, -0.1) is 0 Å². The number of halogens is 3. The van der Waals surface area contributed by atoms with E-state index in [9.17, 15) is 4.79 Å². The summed E-state index contributed by atoms with van der Waals surface area (Å²) in [5, 5.41) is 7.26. The number of H-pyrrole nitrogens is 1. The van der Waals surface area contributed by atoms with Crippen molar-refractivity contribution in [2.45, 2.75) is 0 Å². The maximum absolute atomic E-state index is 12.4. The molecule has 184 valence electrons. The number of imidazole rings is 1. The van der Waals surface area contributed by atoms with E-state index in [1.54, 1.807) is 48.5 Å². The van der Waals surface area contributed by atoms with Gasteiger partial charge in [-0.25, -0.2) is 4.98 Å². The molecule has 0 fully saturated rings. The van der Waals surface area contributed by atoms with Gasteiger partial charge in [-0.1, -0.05) is 46.9 Å². The van der Waals surface area contributed by atoms with Crippen molar-refractivity contribution >= 4 is 80.8 Å². The molecule has 3 N–H and O–H groups in total. The lowest BCUT2D eigenvalue weighted by atomic mass is 10.2. The molecule has 0 bridgehead atoms. The van der Waals surface area contributed by atoms with Crippen molar-refractivity contribution in [2.24, 2.45) is 0 Å². The van der Waals surface area contributed by atoms with E-state index in [0.29, 0.717) is 43.7 Å². The molecule has 5 aromatic rings. The fraction of sp³-hybridized carbons (Fsp3) is 0. The molecule has 10 heteroatoms. The molecule has 2 heterocycles. The van der Waals surface area contributed by atoms with Gasteiger partial charge in [0.05, 0.1) is 16.1 Å². The summed E-state index contributed by atoms with van der Waals surface area (Å²) in [5.41, 5.74) is 3.82. The standard InChI is InChI=1S/C27H17Cl3N4O2S/c28-16-11-15(12-17(29)13-16)24-9-6-19(36-24)7-10-25(35)34-27(37)31-18-5-8-21(30)20(14-18)26-32-22-3-1-2-4-23(22)33-26/h1-14H,(H,32,33)(H2,31,34,35,37)/b10-7+. The van der Waals surface area contributed by atoms with Crippen molar-refractivity contribution < 1.29 is 9.21 Å². The van der Waals surface area contributed by atoms with Gasteiger partial charge in [0, 0.05) is 32.9 Å². The molecule has 2 aromatic heterocycles. The normalized spacial score (nSPS) is 11.2. The van der Waals surface area contributed by atoms with Gasteiger partial charge in [0.2, 0.25) is 5.91 Å². The van der Waals surface area contributed by atoms with Crippen LogP contribution in [-0.2, 0) is 4.79 Å². The van der Waals surface area contributed by atoms with Gasteiger partial charge in [0.1, 0.15) is 17.3 Å². The summed E-state index contributed by atoms with van der Waals surface area (Å²) >= 11 is 23.8. The molecule has 0 saturated carbocycles. The van der Waals surface area contributed by atoms with Gasteiger partial charge in [-0.3, -0.25) is 10.1 Å². The average molecular weight is 568 g/mol. The van der Waals surface area contributed by atoms with Crippen LogP contribution in [-0.4, -0.2) is 21.0 Å². The molecule has 5 rings (SSSR count). The number of hydrogen-bond donors (Lipinski definition) is 3. The van der Waals surface area contributed by atoms with Crippen LogP contribution in [0.3, 0.4) is 0 Å². The Balaban J connectivity index is 1.23. The lowest BCUT2D eigenvalue weighted by Crippen LogP contribution is -2.32. The van der Waals surface area contributed by atoms with Crippen LogP contribution in [0.2, 0.25) is 15.1 Å². The smallest absolute Gasteiger partial charge is 0.250 e. The first-order chi connectivity index (χ1) is 17.8. The Morgan fingerprint density at radius 1 is 0.973 bits per heavy atom. The Morgan fingerprint density at radius 2 is 1.76 bits per heavy atom. The van der Waals surface area contributed by atoms with Crippen molar-refractivity contribution in [3.8, 4) is 22.7 Å². The van der Waals surface area contributed by atoms with Crippen molar-refractivity contribution in [1.82, 2.24) is 15.3 Å². The summed E-state index contributed by atoms with van der Waals surface area (Å²) in [4.78, 5) is 20.2. The third kappa shape index (κ3) is 6.03. The molecular weight excluding hydrogens is 551 g/mol. The number of anilines is 1. The average Bonchev–Trinajstić information content (AvgIpc) is 3.50. The molecule has 0 aliphatic heterocycles. The highest BCUT2D eigenvalue weighted by Crippen LogP contribution is 2.31. The minimum absolute atomic E-state index is 0.126. The summed E-state index contributed by atoms with van der Waals surface area (Å²) in [5.74, 6) is 1.26. The number of amides is 1. The second-order valence-electron chi connectivity index (χ2n) is 7.93. The van der Waals surface area contributed by atoms with Crippen molar-refractivity contribution in [3.05, 3.63) is 99.7 Å². The van der Waals surface area contributed by atoms with Crippen LogP contribution < -0.4 is 10.6 Å². The number of aromatic nitrogens is 2. The lowest BCUT2D eigenvalue weighted by Gasteiger charge is -2.10. The monoisotopic (exact) mass is 566 g/mol. The number of para-hydroxylation sites is 2. The number of hydrogen-bond acceptors (Lipinski definition) is 4. The number of carbonyl (C=O) groups excluding carboxylic acids is 1. The molecule has 37 heavy (non-hydrogen) atoms. The predicted molar refractivity (Wildman–Crippen MR) is 154 cm³/mol. The molecule has 1 amide bonds. The third-order valence-electron chi connectivity index (χ3n) is 5.28. The molecule has 0 unspecified atom stereocenters. The zero-order chi connectivity index (χ0) is 25.9. The summed E-state index contributed by atoms with van der Waals surface area (Å²) < 4.78 is 5.76. The topological polar surface area (TPSA) is 82.9 Å². The second-order valence-corrected chi connectivity index (χ2v) is 9.62. The van der Waals surface area contributed by atoms with Gasteiger partial charge in [-0.2, -0.15) is 0 Å².